The summed E-state index contributed by atoms with van der Waals surface area (Å²) in [7, 11) is 0. The molecule has 0 spiro atoms. The Morgan fingerprint density at radius 2 is 1.97 bits per heavy atom. The van der Waals surface area contributed by atoms with Gasteiger partial charge in [0.15, 0.2) is 0 Å². The van der Waals surface area contributed by atoms with Crippen molar-refractivity contribution < 1.29 is 24.2 Å². The third kappa shape index (κ3) is 5.81. The van der Waals surface area contributed by atoms with Crippen LogP contribution in [-0.4, -0.2) is 36.7 Å². The van der Waals surface area contributed by atoms with E-state index in [1.165, 1.54) is 5.56 Å². The lowest BCUT2D eigenvalue weighted by atomic mass is 9.95. The molecule has 1 heterocycles. The number of carbonyl (C=O) groups is 2. The van der Waals surface area contributed by atoms with Gasteiger partial charge < -0.3 is 19.9 Å². The lowest BCUT2D eigenvalue weighted by molar-refractivity contribution is -0.141. The minimum Gasteiger partial charge on any atom is -0.494 e. The van der Waals surface area contributed by atoms with Gasteiger partial charge in [0.25, 0.3) is 0 Å². The lowest BCUT2D eigenvalue weighted by Gasteiger charge is -2.25. The molecule has 2 atom stereocenters. The second-order valence-electron chi connectivity index (χ2n) is 7.13. The van der Waals surface area contributed by atoms with Crippen LogP contribution in [-0.2, 0) is 27.2 Å². The Morgan fingerprint density at radius 3 is 2.69 bits per heavy atom. The Morgan fingerprint density at radius 1 is 1.21 bits per heavy atom. The molecule has 3 rings (SSSR count). The van der Waals surface area contributed by atoms with Crippen molar-refractivity contribution in [3.63, 3.8) is 0 Å². The largest absolute Gasteiger partial charge is 0.494 e. The van der Waals surface area contributed by atoms with Crippen LogP contribution in [0, 0.1) is 5.92 Å². The normalized spacial score (nSPS) is 16.5. The quantitative estimate of drug-likeness (QED) is 0.679. The molecule has 6 heteroatoms. The third-order valence-electron chi connectivity index (χ3n) is 5.07. The smallest absolute Gasteiger partial charge is 0.308 e. The van der Waals surface area contributed by atoms with Crippen molar-refractivity contribution in [1.82, 2.24) is 5.32 Å². The number of carboxylic acids is 1. The summed E-state index contributed by atoms with van der Waals surface area (Å²) in [6.45, 7) is 3.16. The summed E-state index contributed by atoms with van der Waals surface area (Å²) in [6, 6.07) is 15.3. The van der Waals surface area contributed by atoms with Gasteiger partial charge in [-0.2, -0.15) is 0 Å². The molecule has 6 nitrogen and oxygen atoms in total. The average molecular weight is 397 g/mol. The molecule has 29 heavy (non-hydrogen) atoms. The van der Waals surface area contributed by atoms with Crippen LogP contribution in [0.25, 0.3) is 0 Å². The van der Waals surface area contributed by atoms with Crippen LogP contribution in [0.15, 0.2) is 48.5 Å². The number of hydrogen-bond acceptors (Lipinski definition) is 4. The predicted octanol–water partition coefficient (Wildman–Crippen LogP) is 3.15. The zero-order valence-electron chi connectivity index (χ0n) is 16.6. The van der Waals surface area contributed by atoms with Crippen molar-refractivity contribution in [2.45, 2.75) is 32.3 Å². The number of fused-ring (bicyclic) bond motifs is 1. The molecule has 0 saturated heterocycles. The van der Waals surface area contributed by atoms with E-state index in [9.17, 15) is 14.7 Å². The summed E-state index contributed by atoms with van der Waals surface area (Å²) < 4.78 is 11.2. The first-order chi connectivity index (χ1) is 14.1. The van der Waals surface area contributed by atoms with Crippen LogP contribution in [0.1, 0.15) is 36.1 Å². The molecule has 2 unspecified atom stereocenters. The molecular weight excluding hydrogens is 370 g/mol. The second kappa shape index (κ2) is 10.1. The number of carboxylic acid groups (broad SMARTS) is 1. The fraction of sp³-hybridized carbons (Fsp3) is 0.391. The number of hydrogen-bond donors (Lipinski definition) is 2. The van der Waals surface area contributed by atoms with E-state index in [4.69, 9.17) is 9.47 Å². The summed E-state index contributed by atoms with van der Waals surface area (Å²) in [4.78, 5) is 24.1. The van der Waals surface area contributed by atoms with E-state index in [2.05, 4.69) is 11.4 Å². The summed E-state index contributed by atoms with van der Waals surface area (Å²) in [6.07, 6.45) is 1.09. The summed E-state index contributed by atoms with van der Waals surface area (Å²) >= 11 is 0. The number of amides is 1. The van der Waals surface area contributed by atoms with Crippen molar-refractivity contribution in [3.8, 4) is 5.75 Å². The molecule has 0 radical (unpaired) electrons. The number of ether oxygens (including phenoxy) is 2. The molecule has 154 valence electrons. The fourth-order valence-electron chi connectivity index (χ4n) is 3.54. The third-order valence-corrected chi connectivity index (χ3v) is 5.07. The van der Waals surface area contributed by atoms with Gasteiger partial charge in [-0.3, -0.25) is 9.59 Å². The van der Waals surface area contributed by atoms with Crippen LogP contribution in [0.4, 0.5) is 0 Å². The highest BCUT2D eigenvalue weighted by molar-refractivity contribution is 5.78. The predicted molar refractivity (Wildman–Crippen MR) is 109 cm³/mol. The zero-order valence-corrected chi connectivity index (χ0v) is 16.6. The van der Waals surface area contributed by atoms with Crippen LogP contribution in [0.2, 0.25) is 0 Å². The highest BCUT2D eigenvalue weighted by Crippen LogP contribution is 2.29. The highest BCUT2D eigenvalue weighted by Gasteiger charge is 2.24. The van der Waals surface area contributed by atoms with E-state index in [0.717, 1.165) is 23.3 Å². The first-order valence-electron chi connectivity index (χ1n) is 9.97. The average Bonchev–Trinajstić information content (AvgIpc) is 2.72. The standard InChI is InChI=1S/C23H27NO5/c1-2-28-19-9-7-16(8-10-19)13-18(23(26)27)15-24-22(25)14-21-20-6-4-3-5-17(20)11-12-29-21/h3-10,18,21H,2,11-15H2,1H3,(H,24,25)(H,26,27). The van der Waals surface area contributed by atoms with Gasteiger partial charge in [0.2, 0.25) is 5.91 Å². The monoisotopic (exact) mass is 397 g/mol. The number of rotatable bonds is 9. The van der Waals surface area contributed by atoms with E-state index in [-0.39, 0.29) is 25.0 Å². The zero-order chi connectivity index (χ0) is 20.6. The van der Waals surface area contributed by atoms with E-state index < -0.39 is 11.9 Å². The summed E-state index contributed by atoms with van der Waals surface area (Å²) in [5.74, 6) is -1.08. The molecule has 2 N–H and O–H groups in total. The van der Waals surface area contributed by atoms with Gasteiger partial charge in [-0.15, -0.1) is 0 Å². The van der Waals surface area contributed by atoms with Gasteiger partial charge in [0.05, 0.1) is 31.7 Å². The Labute approximate surface area is 170 Å². The maximum Gasteiger partial charge on any atom is 0.308 e. The minimum absolute atomic E-state index is 0.0791. The topological polar surface area (TPSA) is 84.9 Å². The van der Waals surface area contributed by atoms with Gasteiger partial charge >= 0.3 is 5.97 Å². The summed E-state index contributed by atoms with van der Waals surface area (Å²) in [5.41, 5.74) is 3.13. The minimum atomic E-state index is -0.932. The number of carbonyl (C=O) groups excluding carboxylic acids is 1. The molecule has 0 fully saturated rings. The molecule has 0 saturated carbocycles. The highest BCUT2D eigenvalue weighted by atomic mass is 16.5. The Bertz CT molecular complexity index is 833. The second-order valence-corrected chi connectivity index (χ2v) is 7.13. The van der Waals surface area contributed by atoms with Crippen LogP contribution in [0.5, 0.6) is 5.75 Å². The van der Waals surface area contributed by atoms with Crippen LogP contribution >= 0.6 is 0 Å². The lowest BCUT2D eigenvalue weighted by Crippen LogP contribution is -2.35. The number of aliphatic carboxylic acids is 1. The molecule has 1 aliphatic rings. The molecule has 0 aliphatic carbocycles. The van der Waals surface area contributed by atoms with Gasteiger partial charge in [0.1, 0.15) is 5.75 Å². The van der Waals surface area contributed by atoms with Crippen LogP contribution < -0.4 is 10.1 Å². The van der Waals surface area contributed by atoms with Crippen molar-refractivity contribution in [3.05, 3.63) is 65.2 Å². The molecule has 0 aromatic heterocycles. The van der Waals surface area contributed by atoms with Crippen molar-refractivity contribution in [2.75, 3.05) is 19.8 Å². The van der Waals surface area contributed by atoms with Gasteiger partial charge in [-0.05, 0) is 48.6 Å². The van der Waals surface area contributed by atoms with Crippen molar-refractivity contribution in [2.24, 2.45) is 5.92 Å². The number of nitrogens with one attached hydrogen (secondary N) is 1. The fourth-order valence-corrected chi connectivity index (χ4v) is 3.54. The maximum absolute atomic E-state index is 12.4. The van der Waals surface area contributed by atoms with Crippen molar-refractivity contribution in [1.29, 1.82) is 0 Å². The van der Waals surface area contributed by atoms with Gasteiger partial charge in [0, 0.05) is 6.54 Å². The molecule has 2 aromatic rings. The maximum atomic E-state index is 12.4. The van der Waals surface area contributed by atoms with Gasteiger partial charge in [-0.1, -0.05) is 36.4 Å². The molecular formula is C23H27NO5. The van der Waals surface area contributed by atoms with Crippen molar-refractivity contribution >= 4 is 11.9 Å². The van der Waals surface area contributed by atoms with Gasteiger partial charge in [-0.25, -0.2) is 0 Å². The Hall–Kier alpha value is -2.86. The first-order valence-corrected chi connectivity index (χ1v) is 9.97. The number of benzene rings is 2. The summed E-state index contributed by atoms with van der Waals surface area (Å²) in [5, 5.41) is 12.3. The van der Waals surface area contributed by atoms with E-state index in [1.54, 1.807) is 0 Å². The van der Waals surface area contributed by atoms with Crippen LogP contribution in [0.3, 0.4) is 0 Å². The molecule has 1 aliphatic heterocycles. The molecule has 2 aromatic carbocycles. The SMILES string of the molecule is CCOc1ccc(CC(CNC(=O)CC2OCCc3ccccc32)C(=O)O)cc1. The molecule has 0 bridgehead atoms. The Kier molecular flexibility index (Phi) is 7.25. The van der Waals surface area contributed by atoms with E-state index in [0.29, 0.717) is 19.6 Å². The van der Waals surface area contributed by atoms with E-state index in [1.807, 2.05) is 49.4 Å². The Balaban J connectivity index is 1.54. The van der Waals surface area contributed by atoms with E-state index >= 15 is 0 Å². The first kappa shape index (κ1) is 20.9. The molecule has 1 amide bonds.